The molecule has 0 aromatic rings. The van der Waals surface area contributed by atoms with Crippen LogP contribution in [0.25, 0.3) is 0 Å². The zero-order chi connectivity index (χ0) is 22.8. The third-order valence-electron chi connectivity index (χ3n) is 10.2. The number of fused-ring (bicyclic) bond motifs is 5. The molecule has 0 bridgehead atoms. The molecular weight excluding hydrogens is 394 g/mol. The van der Waals surface area contributed by atoms with E-state index < -0.39 is 11.5 Å². The van der Waals surface area contributed by atoms with Crippen molar-refractivity contribution in [1.82, 2.24) is 0 Å². The van der Waals surface area contributed by atoms with Crippen molar-refractivity contribution in [1.29, 1.82) is 0 Å². The molecule has 0 saturated heterocycles. The first-order valence-corrected chi connectivity index (χ1v) is 12.5. The number of alkyl halides is 2. The minimum Gasteiger partial charge on any atom is -0.512 e. The number of halogens is 2. The van der Waals surface area contributed by atoms with Gasteiger partial charge in [0.15, 0.2) is 0 Å². The second-order valence-corrected chi connectivity index (χ2v) is 12.2. The van der Waals surface area contributed by atoms with Crippen LogP contribution < -0.4 is 0 Å². The van der Waals surface area contributed by atoms with Crippen molar-refractivity contribution in [2.24, 2.45) is 40.4 Å². The summed E-state index contributed by atoms with van der Waals surface area (Å²) >= 11 is 0. The molecular formula is C27H42F2O2. The summed E-state index contributed by atoms with van der Waals surface area (Å²) in [5.74, 6) is -0.128. The Balaban J connectivity index is 1.52. The molecule has 0 unspecified atom stereocenters. The van der Waals surface area contributed by atoms with Crippen LogP contribution >= 0.6 is 0 Å². The van der Waals surface area contributed by atoms with Gasteiger partial charge in [-0.2, -0.15) is 0 Å². The van der Waals surface area contributed by atoms with Crippen molar-refractivity contribution in [2.45, 2.75) is 104 Å². The fraction of sp³-hybridized carbons (Fsp3) is 0.852. The third-order valence-corrected chi connectivity index (χ3v) is 10.2. The third kappa shape index (κ3) is 3.60. The summed E-state index contributed by atoms with van der Waals surface area (Å²) in [5, 5.41) is 20.8. The van der Waals surface area contributed by atoms with Gasteiger partial charge in [-0.3, -0.25) is 0 Å². The molecule has 0 radical (unpaired) electrons. The predicted octanol–water partition coefficient (Wildman–Crippen LogP) is 7.44. The quantitative estimate of drug-likeness (QED) is 0.440. The molecule has 2 nitrogen and oxygen atoms in total. The smallest absolute Gasteiger partial charge is 0.275 e. The number of rotatable bonds is 5. The van der Waals surface area contributed by atoms with Gasteiger partial charge in [-0.25, -0.2) is 8.78 Å². The van der Waals surface area contributed by atoms with Gasteiger partial charge in [0.1, 0.15) is 5.60 Å². The number of aliphatic hydroxyl groups is 2. The zero-order valence-electron chi connectivity index (χ0n) is 20.1. The fourth-order valence-corrected chi connectivity index (χ4v) is 8.28. The molecule has 0 aromatic heterocycles. The van der Waals surface area contributed by atoms with E-state index in [0.717, 1.165) is 38.5 Å². The van der Waals surface area contributed by atoms with Crippen molar-refractivity contribution in [3.05, 3.63) is 23.5 Å². The van der Waals surface area contributed by atoms with Gasteiger partial charge in [0.2, 0.25) is 0 Å². The highest BCUT2D eigenvalue weighted by Crippen LogP contribution is 2.67. The molecule has 2 N–H and O–H groups in total. The SMILES string of the molecule is C[C@H](CCC(F)(F)C(C)(C)O)[C@H]1CC[C@H]2[C@@H]3CC(O)=C4CCC=C[C@]4(C)[C@H]3CC[C@]12C. The number of allylic oxidation sites excluding steroid dienone is 4. The lowest BCUT2D eigenvalue weighted by Gasteiger charge is -2.57. The van der Waals surface area contributed by atoms with Crippen molar-refractivity contribution < 1.29 is 19.0 Å². The fourth-order valence-electron chi connectivity index (χ4n) is 8.28. The predicted molar refractivity (Wildman–Crippen MR) is 121 cm³/mol. The van der Waals surface area contributed by atoms with E-state index in [1.54, 1.807) is 0 Å². The molecule has 0 aliphatic heterocycles. The Morgan fingerprint density at radius 2 is 1.87 bits per heavy atom. The first kappa shape index (κ1) is 23.3. The van der Waals surface area contributed by atoms with Gasteiger partial charge in [-0.15, -0.1) is 0 Å². The van der Waals surface area contributed by atoms with E-state index in [0.29, 0.717) is 35.9 Å². The highest BCUT2D eigenvalue weighted by atomic mass is 19.3. The average molecular weight is 437 g/mol. The molecule has 0 amide bonds. The van der Waals surface area contributed by atoms with E-state index in [1.807, 2.05) is 0 Å². The maximum absolute atomic E-state index is 14.4. The lowest BCUT2D eigenvalue weighted by molar-refractivity contribution is -0.168. The summed E-state index contributed by atoms with van der Waals surface area (Å²) in [6, 6.07) is 0. The minimum absolute atomic E-state index is 0.00888. The van der Waals surface area contributed by atoms with Crippen LogP contribution in [0.15, 0.2) is 23.5 Å². The standard InChI is InChI=1S/C27H42F2O2/c1-17(11-15-27(28,29)24(2,3)31)19-9-10-20-18-16-23(30)22-8-6-7-13-25(22,4)21(18)12-14-26(19,20)5/h7,13,17-21,30-31H,6,8-12,14-16H2,1-5H3/t17-,18+,19-,20+,21+,25-,26-/m1/s1. The first-order valence-electron chi connectivity index (χ1n) is 12.5. The molecule has 4 aliphatic rings. The number of aliphatic hydroxyl groups excluding tert-OH is 1. The van der Waals surface area contributed by atoms with Crippen LogP contribution in [0.1, 0.15) is 92.4 Å². The molecule has 2 fully saturated rings. The Hall–Kier alpha value is -0.900. The Bertz CT molecular complexity index is 764. The van der Waals surface area contributed by atoms with Gasteiger partial charge in [-0.1, -0.05) is 32.9 Å². The topological polar surface area (TPSA) is 40.5 Å². The Labute approximate surface area is 187 Å². The van der Waals surface area contributed by atoms with E-state index in [9.17, 15) is 19.0 Å². The van der Waals surface area contributed by atoms with Crippen LogP contribution in [-0.4, -0.2) is 21.7 Å². The van der Waals surface area contributed by atoms with Crippen molar-refractivity contribution >= 4 is 0 Å². The highest BCUT2D eigenvalue weighted by Gasteiger charge is 2.59. The summed E-state index contributed by atoms with van der Waals surface area (Å²) in [6.07, 6.45) is 12.3. The molecule has 0 spiro atoms. The van der Waals surface area contributed by atoms with Crippen LogP contribution in [0.3, 0.4) is 0 Å². The average Bonchev–Trinajstić information content (AvgIpc) is 3.03. The van der Waals surface area contributed by atoms with Crippen LogP contribution in [0, 0.1) is 40.4 Å². The summed E-state index contributed by atoms with van der Waals surface area (Å²) < 4.78 is 28.8. The summed E-state index contributed by atoms with van der Waals surface area (Å²) in [4.78, 5) is 0. The highest BCUT2D eigenvalue weighted by molar-refractivity contribution is 5.33. The van der Waals surface area contributed by atoms with E-state index in [4.69, 9.17) is 0 Å². The second kappa shape index (κ2) is 7.57. The van der Waals surface area contributed by atoms with Crippen LogP contribution in [0.4, 0.5) is 8.78 Å². The van der Waals surface area contributed by atoms with Gasteiger partial charge in [0.25, 0.3) is 5.92 Å². The summed E-state index contributed by atoms with van der Waals surface area (Å²) in [7, 11) is 0. The minimum atomic E-state index is -3.06. The van der Waals surface area contributed by atoms with Crippen LogP contribution in [-0.2, 0) is 0 Å². The number of hydrogen-bond acceptors (Lipinski definition) is 2. The Kier molecular flexibility index (Phi) is 5.68. The lowest BCUT2D eigenvalue weighted by atomic mass is 9.47. The molecule has 4 heteroatoms. The maximum atomic E-state index is 14.4. The monoisotopic (exact) mass is 436 g/mol. The molecule has 7 atom stereocenters. The Morgan fingerprint density at radius 3 is 2.55 bits per heavy atom. The molecule has 0 aromatic carbocycles. The van der Waals surface area contributed by atoms with Crippen LogP contribution in [0.5, 0.6) is 0 Å². The van der Waals surface area contributed by atoms with Crippen molar-refractivity contribution in [3.8, 4) is 0 Å². The maximum Gasteiger partial charge on any atom is 0.275 e. The van der Waals surface area contributed by atoms with Gasteiger partial charge >= 0.3 is 0 Å². The van der Waals surface area contributed by atoms with E-state index in [1.165, 1.54) is 25.8 Å². The number of hydrogen-bond donors (Lipinski definition) is 2. The molecule has 176 valence electrons. The Morgan fingerprint density at radius 1 is 1.16 bits per heavy atom. The van der Waals surface area contributed by atoms with Gasteiger partial charge < -0.3 is 10.2 Å². The van der Waals surface area contributed by atoms with Crippen molar-refractivity contribution in [2.75, 3.05) is 0 Å². The van der Waals surface area contributed by atoms with Gasteiger partial charge in [0.05, 0.1) is 5.76 Å². The second-order valence-electron chi connectivity index (χ2n) is 12.2. The summed E-state index contributed by atoms with van der Waals surface area (Å²) in [6.45, 7) is 9.31. The normalized spacial score (nSPS) is 41.5. The first-order chi connectivity index (χ1) is 14.3. The van der Waals surface area contributed by atoms with Gasteiger partial charge in [0, 0.05) is 18.3 Å². The molecule has 31 heavy (non-hydrogen) atoms. The summed E-state index contributed by atoms with van der Waals surface area (Å²) in [5.41, 5.74) is -0.543. The van der Waals surface area contributed by atoms with E-state index in [-0.39, 0.29) is 23.2 Å². The van der Waals surface area contributed by atoms with Crippen LogP contribution in [0.2, 0.25) is 0 Å². The molecule has 4 aliphatic carbocycles. The van der Waals surface area contributed by atoms with E-state index in [2.05, 4.69) is 32.9 Å². The molecule has 0 heterocycles. The molecule has 4 rings (SSSR count). The molecule has 2 saturated carbocycles. The van der Waals surface area contributed by atoms with E-state index >= 15 is 0 Å². The largest absolute Gasteiger partial charge is 0.512 e. The zero-order valence-corrected chi connectivity index (χ0v) is 20.1. The van der Waals surface area contributed by atoms with Gasteiger partial charge in [-0.05, 0) is 99.4 Å². The van der Waals surface area contributed by atoms with Crippen molar-refractivity contribution in [3.63, 3.8) is 0 Å². The lowest BCUT2D eigenvalue weighted by Crippen LogP contribution is -2.50.